The molecule has 3 aliphatic rings. The number of aliphatic hydroxyl groups excluding tert-OH is 10. The molecule has 0 unspecified atom stereocenters. The lowest BCUT2D eigenvalue weighted by atomic mass is 9.97. The molecule has 11 N–H and O–H groups in total. The maximum Gasteiger partial charge on any atom is 0.187 e. The first kappa shape index (κ1) is 29.4. The summed E-state index contributed by atoms with van der Waals surface area (Å²) in [5, 5.41) is 100. The summed E-state index contributed by atoms with van der Waals surface area (Å²) < 4.78 is 21.2. The van der Waals surface area contributed by atoms with Gasteiger partial charge in [-0.05, 0) is 0 Å². The maximum absolute atomic E-state index is 10.6. The predicted molar refractivity (Wildman–Crippen MR) is 112 cm³/mol. The average Bonchev–Trinajstić information content (AvgIpc) is 2.88. The van der Waals surface area contributed by atoms with E-state index in [1.54, 1.807) is 0 Å². The number of rotatable bonds is 8. The molecule has 14 atom stereocenters. The highest BCUT2D eigenvalue weighted by Gasteiger charge is 2.51. The first-order valence-electron chi connectivity index (χ1n) is 11.2. The Morgan fingerprint density at radius 2 is 1.28 bits per heavy atom. The summed E-state index contributed by atoms with van der Waals surface area (Å²) in [6.45, 7) is -2.10. The van der Waals surface area contributed by atoms with Gasteiger partial charge in [0.2, 0.25) is 0 Å². The fourth-order valence-electron chi connectivity index (χ4n) is 4.15. The minimum Gasteiger partial charge on any atom is -0.394 e. The Morgan fingerprint density at radius 1 is 0.722 bits per heavy atom. The van der Waals surface area contributed by atoms with Crippen LogP contribution in [0.5, 0.6) is 0 Å². The van der Waals surface area contributed by atoms with Gasteiger partial charge in [-0.1, -0.05) is 0 Å². The maximum atomic E-state index is 10.6. The molecule has 3 aliphatic heterocycles. The predicted octanol–water partition coefficient (Wildman–Crippen LogP) is -7.36. The molecule has 2 saturated heterocycles. The monoisotopic (exact) mass is 530 g/mol. The third-order valence-corrected chi connectivity index (χ3v) is 6.30. The molecule has 36 heavy (non-hydrogen) atoms. The minimum absolute atomic E-state index is 0.404. The van der Waals surface area contributed by atoms with Crippen molar-refractivity contribution in [3.8, 4) is 0 Å². The smallest absolute Gasteiger partial charge is 0.187 e. The highest BCUT2D eigenvalue weighted by molar-refractivity contribution is 5.87. The summed E-state index contributed by atoms with van der Waals surface area (Å²) in [4.78, 5) is 9.10. The molecule has 0 aromatic heterocycles. The van der Waals surface area contributed by atoms with Gasteiger partial charge in [0.1, 0.15) is 73.2 Å². The number of hydrogen-bond donors (Lipinski definition) is 11. The van der Waals surface area contributed by atoms with E-state index in [-0.39, 0.29) is 0 Å². The van der Waals surface area contributed by atoms with Crippen LogP contribution < -0.4 is 5.48 Å². The second-order valence-corrected chi connectivity index (χ2v) is 8.62. The van der Waals surface area contributed by atoms with Crippen LogP contribution in [0.25, 0.3) is 0 Å². The molecule has 0 aliphatic carbocycles. The van der Waals surface area contributed by atoms with Crippen LogP contribution >= 0.6 is 0 Å². The summed E-state index contributed by atoms with van der Waals surface area (Å²) in [5.74, 6) is -0.404. The largest absolute Gasteiger partial charge is 0.394 e. The molecular formula is C19H34N2O15. The topological polar surface area (TPSA) is 273 Å². The SMILES string of the molecule is CO[C@@H]1O[C@H](CO)[C@@H](O[C@@H]2O[C@H](CO)[C@@H](ONC3=N[C@H](CO)[C@@H](O)[C@H](O)[C@H]3O)[C@H](O)[C@H]2O)[C@H](O)[C@H]1O. The van der Waals surface area contributed by atoms with Crippen LogP contribution in [0.3, 0.4) is 0 Å². The number of aliphatic hydroxyl groups is 10. The van der Waals surface area contributed by atoms with Gasteiger partial charge in [0.25, 0.3) is 0 Å². The van der Waals surface area contributed by atoms with E-state index in [4.69, 9.17) is 23.8 Å². The third kappa shape index (κ3) is 5.80. The van der Waals surface area contributed by atoms with Crippen molar-refractivity contribution in [1.82, 2.24) is 5.48 Å². The molecule has 17 nitrogen and oxygen atoms in total. The van der Waals surface area contributed by atoms with Crippen molar-refractivity contribution in [2.45, 2.75) is 85.8 Å². The number of aliphatic imine (C=N–C) groups is 1. The molecule has 0 saturated carbocycles. The molecule has 0 aromatic rings. The van der Waals surface area contributed by atoms with E-state index in [2.05, 4.69) is 10.5 Å². The highest BCUT2D eigenvalue weighted by Crippen LogP contribution is 2.30. The van der Waals surface area contributed by atoms with E-state index in [1.165, 1.54) is 7.11 Å². The second kappa shape index (κ2) is 12.6. The van der Waals surface area contributed by atoms with E-state index in [9.17, 15) is 51.1 Å². The number of nitrogens with one attached hydrogen (secondary N) is 1. The van der Waals surface area contributed by atoms with Crippen molar-refractivity contribution in [3.05, 3.63) is 0 Å². The number of hydrogen-bond acceptors (Lipinski definition) is 17. The van der Waals surface area contributed by atoms with Crippen LogP contribution in [0.2, 0.25) is 0 Å². The summed E-state index contributed by atoms with van der Waals surface area (Å²) >= 11 is 0. The molecule has 0 bridgehead atoms. The van der Waals surface area contributed by atoms with E-state index in [1.807, 2.05) is 0 Å². The molecular weight excluding hydrogens is 496 g/mol. The van der Waals surface area contributed by atoms with Crippen LogP contribution in [0, 0.1) is 0 Å². The Balaban J connectivity index is 1.69. The quantitative estimate of drug-likeness (QED) is 0.130. The summed E-state index contributed by atoms with van der Waals surface area (Å²) in [5.41, 5.74) is 2.18. The fourth-order valence-corrected chi connectivity index (χ4v) is 4.15. The zero-order valence-electron chi connectivity index (χ0n) is 19.2. The highest BCUT2D eigenvalue weighted by atomic mass is 16.8. The standard InChI is InChI=1S/C19H34N2O15/c1-32-18-13(30)10(27)15(6(3-23)33-18)35-19-14(31)11(28)16(7(4-24)34-19)36-21-17-12(29)9(26)8(25)5(2-22)20-17/h5-16,18-19,22-31H,2-4H2,1H3,(H,20,21)/t5-,6-,7-,8-,9+,10-,11-,12-,13-,14-,15-,16-,18-,19+/m1/s1. The Bertz CT molecular complexity index is 729. The Labute approximate surface area is 204 Å². The van der Waals surface area contributed by atoms with Gasteiger partial charge in [-0.15, -0.1) is 0 Å². The first-order valence-corrected chi connectivity index (χ1v) is 11.2. The lowest BCUT2D eigenvalue weighted by Crippen LogP contribution is -2.65. The van der Waals surface area contributed by atoms with Crippen LogP contribution in [0.4, 0.5) is 0 Å². The molecule has 0 amide bonds. The van der Waals surface area contributed by atoms with Gasteiger partial charge in [0, 0.05) is 7.11 Å². The zero-order valence-corrected chi connectivity index (χ0v) is 19.2. The van der Waals surface area contributed by atoms with Crippen LogP contribution in [-0.4, -0.2) is 170 Å². The molecule has 210 valence electrons. The van der Waals surface area contributed by atoms with Gasteiger partial charge in [-0.2, -0.15) is 0 Å². The zero-order chi connectivity index (χ0) is 26.7. The molecule has 3 heterocycles. The number of amidine groups is 1. The number of methoxy groups -OCH3 is 1. The molecule has 17 heteroatoms. The summed E-state index contributed by atoms with van der Waals surface area (Å²) in [7, 11) is 1.21. The number of ether oxygens (including phenoxy) is 4. The van der Waals surface area contributed by atoms with Crippen LogP contribution in [0.1, 0.15) is 0 Å². The molecule has 0 aromatic carbocycles. The second-order valence-electron chi connectivity index (χ2n) is 8.62. The van der Waals surface area contributed by atoms with Crippen molar-refractivity contribution in [1.29, 1.82) is 0 Å². The van der Waals surface area contributed by atoms with Gasteiger partial charge < -0.3 is 70.0 Å². The summed E-state index contributed by atoms with van der Waals surface area (Å²) in [6, 6.07) is -1.18. The fraction of sp³-hybridized carbons (Fsp3) is 0.947. The van der Waals surface area contributed by atoms with Gasteiger partial charge in [-0.3, -0.25) is 15.3 Å². The van der Waals surface area contributed by atoms with E-state index in [0.717, 1.165) is 0 Å². The summed E-state index contributed by atoms with van der Waals surface area (Å²) in [6.07, 6.45) is -20.4. The normalized spacial score (nSPS) is 47.9. The molecule has 0 radical (unpaired) electrons. The Morgan fingerprint density at radius 3 is 1.86 bits per heavy atom. The van der Waals surface area contributed by atoms with E-state index in [0.29, 0.717) is 0 Å². The minimum atomic E-state index is -1.85. The number of hydroxylamine groups is 1. The van der Waals surface area contributed by atoms with Crippen molar-refractivity contribution < 1.29 is 74.9 Å². The van der Waals surface area contributed by atoms with Gasteiger partial charge in [0.05, 0.1) is 19.8 Å². The van der Waals surface area contributed by atoms with Crippen molar-refractivity contribution in [3.63, 3.8) is 0 Å². The van der Waals surface area contributed by atoms with E-state index < -0.39 is 111 Å². The Hall–Kier alpha value is -1.13. The molecule has 2 fully saturated rings. The van der Waals surface area contributed by atoms with Crippen LogP contribution in [0.15, 0.2) is 4.99 Å². The van der Waals surface area contributed by atoms with Gasteiger partial charge >= 0.3 is 0 Å². The van der Waals surface area contributed by atoms with Crippen molar-refractivity contribution in [2.75, 3.05) is 26.9 Å². The first-order chi connectivity index (χ1) is 17.1. The molecule has 3 rings (SSSR count). The lowest BCUT2D eigenvalue weighted by Gasteiger charge is -2.46. The Kier molecular flexibility index (Phi) is 10.3. The third-order valence-electron chi connectivity index (χ3n) is 6.30. The van der Waals surface area contributed by atoms with Crippen LogP contribution in [-0.2, 0) is 23.8 Å². The molecule has 0 spiro atoms. The number of nitrogens with zero attached hydrogens (tertiary/aromatic N) is 1. The van der Waals surface area contributed by atoms with Gasteiger partial charge in [0.15, 0.2) is 18.4 Å². The average molecular weight is 530 g/mol. The van der Waals surface area contributed by atoms with E-state index >= 15 is 0 Å². The van der Waals surface area contributed by atoms with Crippen molar-refractivity contribution in [2.24, 2.45) is 4.99 Å². The lowest BCUT2D eigenvalue weighted by molar-refractivity contribution is -0.361. The van der Waals surface area contributed by atoms with Crippen molar-refractivity contribution >= 4 is 5.84 Å². The van der Waals surface area contributed by atoms with Gasteiger partial charge in [-0.25, -0.2) is 0 Å².